The maximum absolute atomic E-state index is 4.38. The smallest absolute Gasteiger partial charge is 1.00 e. The molecule has 0 aromatic rings. The topological polar surface area (TPSA) is 9.23 Å². The molecule has 0 heterocycles. The van der Waals surface area contributed by atoms with E-state index in [2.05, 4.69) is 3.56 Å². The maximum atomic E-state index is 4.38. The van der Waals surface area contributed by atoms with Crippen molar-refractivity contribution in [2.75, 3.05) is 7.11 Å². The predicted molar refractivity (Wildman–Crippen MR) is 7.01 cm³/mol. The Kier molecular flexibility index (Phi) is 62.8. The van der Waals surface area contributed by atoms with Crippen LogP contribution in [0.2, 0.25) is 0 Å². The van der Waals surface area contributed by atoms with Crippen LogP contribution in [0.3, 0.4) is 0 Å². The van der Waals surface area contributed by atoms with Gasteiger partial charge in [0, 0.05) is 0 Å². The molecule has 0 rings (SSSR count). The van der Waals surface area contributed by atoms with E-state index in [0.717, 1.165) is 18.7 Å². The third-order valence-electron chi connectivity index (χ3n) is 0. The van der Waals surface area contributed by atoms with Crippen LogP contribution in [0.15, 0.2) is 0 Å². The molecule has 1 nitrogen and oxygen atoms in total. The quantitative estimate of drug-likeness (QED) is 0.327. The third kappa shape index (κ3) is 38.2. The van der Waals surface area contributed by atoms with Gasteiger partial charge in [-0.2, -0.15) is 0 Å². The Labute approximate surface area is 54.4 Å². The van der Waals surface area contributed by atoms with E-state index in [9.17, 15) is 0 Å². The van der Waals surface area contributed by atoms with Crippen LogP contribution in [0.1, 0.15) is 0 Å². The van der Waals surface area contributed by atoms with Crippen molar-refractivity contribution in [1.82, 2.24) is 0 Å². The molecule has 0 aromatic carbocycles. The van der Waals surface area contributed by atoms with Gasteiger partial charge in [-0.15, -0.1) is 0 Å². The van der Waals surface area contributed by atoms with Crippen LogP contribution >= 0.6 is 0 Å². The minimum Gasteiger partial charge on any atom is -1.00 e. The zero-order chi connectivity index (χ0) is 2.71. The van der Waals surface area contributed by atoms with E-state index < -0.39 is 0 Å². The van der Waals surface area contributed by atoms with Gasteiger partial charge in [-0.1, -0.05) is 0 Å². The Hall–Kier alpha value is 1.16. The van der Waals surface area contributed by atoms with E-state index in [1.165, 1.54) is 0 Å². The summed E-state index contributed by atoms with van der Waals surface area (Å²) in [6.45, 7) is 0. The molecule has 0 aliphatic heterocycles. The molecule has 0 bridgehead atoms. The molecule has 0 aliphatic carbocycles. The second kappa shape index (κ2) is 19.1. The van der Waals surface area contributed by atoms with Crippen molar-refractivity contribution >= 4 is 0 Å². The summed E-state index contributed by atoms with van der Waals surface area (Å²) >= 11 is 0.944. The molecule has 0 N–H and O–H groups in total. The van der Waals surface area contributed by atoms with Crippen molar-refractivity contribution in [2.24, 2.45) is 0 Å². The number of hydrogen-bond donors (Lipinski definition) is 0. The Morgan fingerprint density at radius 3 is 1.40 bits per heavy atom. The summed E-state index contributed by atoms with van der Waals surface area (Å²) in [6, 6.07) is 0. The van der Waals surface area contributed by atoms with Gasteiger partial charge < -0.3 is 24.8 Å². The first-order chi connectivity index (χ1) is 1.41. The molecule has 0 radical (unpaired) electrons. The Balaban J connectivity index is -0.0000000200. The summed E-state index contributed by atoms with van der Waals surface area (Å²) in [5.41, 5.74) is 0. The molecule has 0 unspecified atom stereocenters. The molecule has 29 valence electrons. The zero-order valence-electron chi connectivity index (χ0n) is 2.87. The average Bonchev–Trinajstić information content (AvgIpc) is 0.918. The Morgan fingerprint density at radius 2 is 1.40 bits per heavy atom. The first-order valence-corrected chi connectivity index (χ1v) is 1.91. The van der Waals surface area contributed by atoms with Crippen molar-refractivity contribution in [2.45, 2.75) is 0 Å². The largest absolute Gasteiger partial charge is 1.00 e. The molecule has 0 aromatic heterocycles. The summed E-state index contributed by atoms with van der Waals surface area (Å²) < 4.78 is 4.38. The molecule has 0 saturated heterocycles. The van der Waals surface area contributed by atoms with Crippen LogP contribution in [-0.2, 0) is 22.2 Å². The fourth-order valence-electron chi connectivity index (χ4n) is 0. The molecule has 0 spiro atoms. The van der Waals surface area contributed by atoms with Gasteiger partial charge in [-0.05, 0) is 0 Å². The van der Waals surface area contributed by atoms with Gasteiger partial charge in [-0.25, -0.2) is 0 Å². The van der Waals surface area contributed by atoms with Crippen molar-refractivity contribution in [3.05, 3.63) is 0 Å². The van der Waals surface area contributed by atoms with E-state index in [0.29, 0.717) is 0 Å². The van der Waals surface area contributed by atoms with Gasteiger partial charge >= 0.3 is 29.3 Å². The van der Waals surface area contributed by atoms with E-state index in [1.54, 1.807) is 7.11 Å². The van der Waals surface area contributed by atoms with Gasteiger partial charge in [0.2, 0.25) is 0 Å². The molecular weight excluding hydrogens is 164 g/mol. The van der Waals surface area contributed by atoms with Crippen LogP contribution in [0.25, 0.3) is 0 Å². The zero-order valence-corrected chi connectivity index (χ0v) is 7.35. The molecular formula is CH3Cl2OZn. The van der Waals surface area contributed by atoms with Gasteiger partial charge in [0.1, 0.15) is 0 Å². The minimum atomic E-state index is 0. The molecule has 0 amide bonds. The fourth-order valence-corrected chi connectivity index (χ4v) is 0. The number of rotatable bonds is 0. The molecule has 0 saturated carbocycles. The van der Waals surface area contributed by atoms with E-state index >= 15 is 0 Å². The fraction of sp³-hybridized carbons (Fsp3) is 1.00. The second-order valence-electron chi connectivity index (χ2n) is 0.289. The Bertz CT molecular complexity index is 9.61. The van der Waals surface area contributed by atoms with Gasteiger partial charge in [0.05, 0.1) is 0 Å². The van der Waals surface area contributed by atoms with Crippen LogP contribution in [0.5, 0.6) is 0 Å². The van der Waals surface area contributed by atoms with Crippen LogP contribution in [-0.4, -0.2) is 7.11 Å². The van der Waals surface area contributed by atoms with Gasteiger partial charge in [-0.3, -0.25) is 0 Å². The first kappa shape index (κ1) is 16.4. The summed E-state index contributed by atoms with van der Waals surface area (Å²) in [7, 11) is 1.68. The van der Waals surface area contributed by atoms with Crippen molar-refractivity contribution in [3.8, 4) is 0 Å². The molecule has 0 aliphatic rings. The van der Waals surface area contributed by atoms with Crippen LogP contribution in [0, 0.1) is 0 Å². The SMILES string of the molecule is C[O][Zn+2].[Cl-].[Cl-]. The first-order valence-electron chi connectivity index (χ1n) is 0.697. The minimum absolute atomic E-state index is 0. The van der Waals surface area contributed by atoms with Crippen LogP contribution in [0.4, 0.5) is 0 Å². The van der Waals surface area contributed by atoms with Crippen LogP contribution < -0.4 is 24.8 Å². The van der Waals surface area contributed by atoms with E-state index in [-0.39, 0.29) is 24.8 Å². The summed E-state index contributed by atoms with van der Waals surface area (Å²) in [5, 5.41) is 0. The number of hydrogen-bond acceptors (Lipinski definition) is 1. The predicted octanol–water partition coefficient (Wildman–Crippen LogP) is -5.90. The van der Waals surface area contributed by atoms with Crippen molar-refractivity contribution in [3.63, 3.8) is 0 Å². The standard InChI is InChI=1S/CH3O.2ClH.Zn/c1-2;;;/h1H3;2*1H;/q-1;;;+3/p-2. The van der Waals surface area contributed by atoms with Crippen molar-refractivity contribution < 1.29 is 47.0 Å². The maximum Gasteiger partial charge on any atom is -1.00 e. The Morgan fingerprint density at radius 1 is 1.40 bits per heavy atom. The van der Waals surface area contributed by atoms with E-state index in [4.69, 9.17) is 0 Å². The van der Waals surface area contributed by atoms with Gasteiger partial charge in [0.15, 0.2) is 0 Å². The molecule has 0 fully saturated rings. The molecule has 5 heavy (non-hydrogen) atoms. The average molecular weight is 167 g/mol. The molecule has 0 atom stereocenters. The summed E-state index contributed by atoms with van der Waals surface area (Å²) in [5.74, 6) is 0. The third-order valence-corrected chi connectivity index (χ3v) is 0. The monoisotopic (exact) mass is 165 g/mol. The molecule has 4 heteroatoms. The van der Waals surface area contributed by atoms with Crippen molar-refractivity contribution in [1.29, 1.82) is 0 Å². The van der Waals surface area contributed by atoms with Gasteiger partial charge in [0.25, 0.3) is 0 Å². The number of halogens is 2. The summed E-state index contributed by atoms with van der Waals surface area (Å²) in [6.07, 6.45) is 0. The van der Waals surface area contributed by atoms with E-state index in [1.807, 2.05) is 0 Å². The normalized spacial score (nSPS) is 3.80. The summed E-state index contributed by atoms with van der Waals surface area (Å²) in [4.78, 5) is 0. The second-order valence-corrected chi connectivity index (χ2v) is 1.50.